The number of benzene rings is 1. The van der Waals surface area contributed by atoms with E-state index in [2.05, 4.69) is 37.0 Å². The number of morpholine rings is 1. The maximum Gasteiger partial charge on any atom is 0.135 e. The fourth-order valence-corrected chi connectivity index (χ4v) is 5.78. The van der Waals surface area contributed by atoms with Crippen molar-refractivity contribution in [1.82, 2.24) is 14.7 Å². The lowest BCUT2D eigenvalue weighted by molar-refractivity contribution is -0.0927. The van der Waals surface area contributed by atoms with Crippen molar-refractivity contribution in [2.75, 3.05) is 45.9 Å². The van der Waals surface area contributed by atoms with Gasteiger partial charge in [0.05, 0.1) is 25.2 Å². The van der Waals surface area contributed by atoms with Crippen LogP contribution in [-0.4, -0.2) is 102 Å². The molecular formula is C24H35ClN6O2. The van der Waals surface area contributed by atoms with E-state index in [0.29, 0.717) is 24.3 Å². The first-order valence-electron chi connectivity index (χ1n) is 12.2. The SMILES string of the molecule is NC1=NN=C(N2CCC(N3C[C@H](CN4CC[C@@H](O)C4)OC[C@@H]3Cc3ccc(Cl)cc3)CC2)C1. The minimum atomic E-state index is -0.191. The Balaban J connectivity index is 1.23. The molecule has 0 radical (unpaired) electrons. The van der Waals surface area contributed by atoms with Gasteiger partial charge in [-0.05, 0) is 43.4 Å². The minimum absolute atomic E-state index is 0.183. The van der Waals surface area contributed by atoms with E-state index in [9.17, 15) is 5.11 Å². The summed E-state index contributed by atoms with van der Waals surface area (Å²) in [6.07, 6.45) is 4.70. The zero-order valence-corrected chi connectivity index (χ0v) is 19.9. The molecule has 9 heteroatoms. The molecule has 3 atom stereocenters. The smallest absolute Gasteiger partial charge is 0.135 e. The molecule has 5 rings (SSSR count). The Morgan fingerprint density at radius 1 is 1.06 bits per heavy atom. The van der Waals surface area contributed by atoms with Gasteiger partial charge in [0.1, 0.15) is 11.7 Å². The van der Waals surface area contributed by atoms with Crippen LogP contribution in [0.15, 0.2) is 34.5 Å². The average molecular weight is 475 g/mol. The third-order valence-electron chi connectivity index (χ3n) is 7.43. The van der Waals surface area contributed by atoms with Gasteiger partial charge in [-0.3, -0.25) is 9.80 Å². The summed E-state index contributed by atoms with van der Waals surface area (Å²) in [7, 11) is 0. The van der Waals surface area contributed by atoms with Crippen LogP contribution in [-0.2, 0) is 11.2 Å². The van der Waals surface area contributed by atoms with E-state index < -0.39 is 0 Å². The zero-order valence-electron chi connectivity index (χ0n) is 19.2. The summed E-state index contributed by atoms with van der Waals surface area (Å²) < 4.78 is 6.37. The fraction of sp³-hybridized carbons (Fsp3) is 0.667. The van der Waals surface area contributed by atoms with Crippen LogP contribution < -0.4 is 5.73 Å². The number of ether oxygens (including phenoxy) is 1. The second-order valence-electron chi connectivity index (χ2n) is 9.84. The highest BCUT2D eigenvalue weighted by atomic mass is 35.5. The topological polar surface area (TPSA) is 89.9 Å². The Labute approximate surface area is 201 Å². The monoisotopic (exact) mass is 474 g/mol. The predicted molar refractivity (Wildman–Crippen MR) is 131 cm³/mol. The molecule has 0 unspecified atom stereocenters. The number of halogens is 1. The zero-order chi connectivity index (χ0) is 22.8. The van der Waals surface area contributed by atoms with Crippen molar-refractivity contribution in [3.63, 3.8) is 0 Å². The van der Waals surface area contributed by atoms with Crippen LogP contribution in [0.2, 0.25) is 5.02 Å². The largest absolute Gasteiger partial charge is 0.392 e. The van der Waals surface area contributed by atoms with E-state index in [1.807, 2.05) is 12.1 Å². The summed E-state index contributed by atoms with van der Waals surface area (Å²) in [6.45, 7) is 6.27. The summed E-state index contributed by atoms with van der Waals surface area (Å²) >= 11 is 6.10. The third-order valence-corrected chi connectivity index (χ3v) is 7.69. The molecule has 33 heavy (non-hydrogen) atoms. The molecule has 3 fully saturated rings. The number of hydrogen-bond acceptors (Lipinski definition) is 8. The summed E-state index contributed by atoms with van der Waals surface area (Å²) in [6, 6.07) is 9.08. The minimum Gasteiger partial charge on any atom is -0.392 e. The Kier molecular flexibility index (Phi) is 7.18. The first kappa shape index (κ1) is 23.1. The summed E-state index contributed by atoms with van der Waals surface area (Å²) in [5.74, 6) is 1.62. The molecule has 4 aliphatic rings. The van der Waals surface area contributed by atoms with E-state index >= 15 is 0 Å². The second kappa shape index (κ2) is 10.3. The quantitative estimate of drug-likeness (QED) is 0.673. The van der Waals surface area contributed by atoms with Crippen molar-refractivity contribution >= 4 is 23.3 Å². The number of aliphatic hydroxyl groups is 1. The molecule has 0 aliphatic carbocycles. The van der Waals surface area contributed by atoms with Crippen LogP contribution in [0.25, 0.3) is 0 Å². The molecule has 1 aromatic carbocycles. The van der Waals surface area contributed by atoms with Crippen LogP contribution in [0.3, 0.4) is 0 Å². The normalized spacial score (nSPS) is 30.0. The molecule has 180 valence electrons. The summed E-state index contributed by atoms with van der Waals surface area (Å²) in [5, 5.41) is 19.0. The molecule has 0 amide bonds. The molecule has 1 aromatic rings. The molecule has 8 nitrogen and oxygen atoms in total. The van der Waals surface area contributed by atoms with E-state index in [0.717, 1.165) is 82.4 Å². The van der Waals surface area contributed by atoms with Crippen molar-refractivity contribution in [3.05, 3.63) is 34.9 Å². The van der Waals surface area contributed by atoms with Crippen molar-refractivity contribution < 1.29 is 9.84 Å². The lowest BCUT2D eigenvalue weighted by atomic mass is 9.96. The number of β-amino-alcohol motifs (C(OH)–C–C–N with tert-alkyl or cyclic N) is 1. The molecule has 4 aliphatic heterocycles. The third kappa shape index (κ3) is 5.69. The van der Waals surface area contributed by atoms with E-state index in [4.69, 9.17) is 22.1 Å². The van der Waals surface area contributed by atoms with Gasteiger partial charge in [0, 0.05) is 56.4 Å². The first-order valence-corrected chi connectivity index (χ1v) is 12.6. The number of amidine groups is 2. The number of piperidine rings is 1. The van der Waals surface area contributed by atoms with Crippen molar-refractivity contribution in [2.24, 2.45) is 15.9 Å². The molecule has 4 heterocycles. The maximum atomic E-state index is 9.91. The Bertz CT molecular complexity index is 870. The molecule has 0 bridgehead atoms. The Morgan fingerprint density at radius 3 is 2.52 bits per heavy atom. The highest BCUT2D eigenvalue weighted by Gasteiger charge is 2.37. The maximum absolute atomic E-state index is 9.91. The Hall–Kier alpha value is -1.71. The van der Waals surface area contributed by atoms with Gasteiger partial charge in [0.15, 0.2) is 0 Å². The van der Waals surface area contributed by atoms with Crippen LogP contribution in [0.5, 0.6) is 0 Å². The lowest BCUT2D eigenvalue weighted by Crippen LogP contribution is -2.59. The van der Waals surface area contributed by atoms with Crippen LogP contribution in [0, 0.1) is 0 Å². The number of rotatable bonds is 5. The fourth-order valence-electron chi connectivity index (χ4n) is 5.66. The number of nitrogens with zero attached hydrogens (tertiary/aromatic N) is 5. The highest BCUT2D eigenvalue weighted by Crippen LogP contribution is 2.27. The molecule has 3 N–H and O–H groups in total. The van der Waals surface area contributed by atoms with Gasteiger partial charge in [0.2, 0.25) is 0 Å². The molecule has 3 saturated heterocycles. The van der Waals surface area contributed by atoms with E-state index in [-0.39, 0.29) is 12.2 Å². The lowest BCUT2D eigenvalue weighted by Gasteiger charge is -2.47. The van der Waals surface area contributed by atoms with Gasteiger partial charge in [-0.2, -0.15) is 0 Å². The van der Waals surface area contributed by atoms with Gasteiger partial charge in [-0.25, -0.2) is 0 Å². The predicted octanol–water partition coefficient (Wildman–Crippen LogP) is 1.56. The van der Waals surface area contributed by atoms with Crippen LogP contribution in [0.1, 0.15) is 31.2 Å². The molecule has 0 spiro atoms. The van der Waals surface area contributed by atoms with Crippen molar-refractivity contribution in [1.29, 1.82) is 0 Å². The number of likely N-dealkylation sites (tertiary alicyclic amines) is 2. The van der Waals surface area contributed by atoms with Crippen molar-refractivity contribution in [3.8, 4) is 0 Å². The highest BCUT2D eigenvalue weighted by molar-refractivity contribution is 6.30. The average Bonchev–Trinajstić information content (AvgIpc) is 3.44. The number of hydrogen-bond donors (Lipinski definition) is 2. The Morgan fingerprint density at radius 2 is 1.85 bits per heavy atom. The van der Waals surface area contributed by atoms with Gasteiger partial charge >= 0.3 is 0 Å². The van der Waals surface area contributed by atoms with Gasteiger partial charge < -0.3 is 20.5 Å². The van der Waals surface area contributed by atoms with Crippen LogP contribution in [0.4, 0.5) is 0 Å². The van der Waals surface area contributed by atoms with E-state index in [1.165, 1.54) is 5.56 Å². The second-order valence-corrected chi connectivity index (χ2v) is 10.3. The van der Waals surface area contributed by atoms with Gasteiger partial charge in [0.25, 0.3) is 0 Å². The van der Waals surface area contributed by atoms with Gasteiger partial charge in [-0.15, -0.1) is 10.2 Å². The molecule has 0 saturated carbocycles. The number of aliphatic hydroxyl groups excluding tert-OH is 1. The van der Waals surface area contributed by atoms with Gasteiger partial charge in [-0.1, -0.05) is 23.7 Å². The number of nitrogens with two attached hydrogens (primary N) is 1. The summed E-state index contributed by atoms with van der Waals surface area (Å²) in [4.78, 5) is 7.39. The molecule has 0 aromatic heterocycles. The standard InChI is InChI=1S/C24H35ClN6O2/c25-18-3-1-17(2-4-18)11-20-16-33-22(14-29-8-7-21(32)13-29)15-31(20)19-5-9-30(10-6-19)24-12-23(26)27-28-24/h1-4,19-22,32H,5-16H2,(H2,26,27)/t20-,21+,22-/m0/s1. The van der Waals surface area contributed by atoms with Crippen LogP contribution >= 0.6 is 11.6 Å². The summed E-state index contributed by atoms with van der Waals surface area (Å²) in [5.41, 5.74) is 7.12. The first-order chi connectivity index (χ1) is 16.0. The molecular weight excluding hydrogens is 440 g/mol. The van der Waals surface area contributed by atoms with Crippen molar-refractivity contribution in [2.45, 2.75) is 56.4 Å². The van der Waals surface area contributed by atoms with E-state index in [1.54, 1.807) is 0 Å².